The second-order valence-corrected chi connectivity index (χ2v) is 3.87. The third kappa shape index (κ3) is 1.94. The minimum atomic E-state index is -0.411. The summed E-state index contributed by atoms with van der Waals surface area (Å²) in [7, 11) is 0. The lowest BCUT2D eigenvalue weighted by Crippen LogP contribution is -2.18. The number of amides is 1. The lowest BCUT2D eigenvalue weighted by Gasteiger charge is -2.08. The maximum atomic E-state index is 10.8. The molecule has 1 amide bonds. The molecule has 1 aliphatic rings. The number of ether oxygens (including phenoxy) is 1. The Balaban J connectivity index is 2.27. The highest BCUT2D eigenvalue weighted by atomic mass is 35.5. The predicted octanol–water partition coefficient (Wildman–Crippen LogP) is 2.77. The number of alkyl carbamates (subject to hydrolysis) is 1. The fraction of sp³-hybridized carbons (Fsp3) is 0.222. The predicted molar refractivity (Wildman–Crippen MR) is 53.7 cm³/mol. The number of hydrogen-bond acceptors (Lipinski definition) is 2. The van der Waals surface area contributed by atoms with Crippen LogP contribution in [-0.4, -0.2) is 12.7 Å². The Labute approximate surface area is 91.0 Å². The molecule has 0 bridgehead atoms. The first-order chi connectivity index (χ1) is 6.65. The van der Waals surface area contributed by atoms with Crippen molar-refractivity contribution in [3.05, 3.63) is 33.8 Å². The molecule has 1 aromatic rings. The summed E-state index contributed by atoms with van der Waals surface area (Å²) in [6.07, 6.45) is -0.411. The third-order valence-electron chi connectivity index (χ3n) is 1.96. The van der Waals surface area contributed by atoms with Crippen molar-refractivity contribution in [3.63, 3.8) is 0 Å². The van der Waals surface area contributed by atoms with Gasteiger partial charge in [0.2, 0.25) is 0 Å². The van der Waals surface area contributed by atoms with E-state index in [0.29, 0.717) is 16.7 Å². The molecule has 0 saturated carbocycles. The summed E-state index contributed by atoms with van der Waals surface area (Å²) in [5.74, 6) is 0. The molecule has 0 aromatic heterocycles. The summed E-state index contributed by atoms with van der Waals surface area (Å²) < 4.78 is 4.76. The van der Waals surface area contributed by atoms with Gasteiger partial charge in [-0.1, -0.05) is 23.2 Å². The van der Waals surface area contributed by atoms with Crippen molar-refractivity contribution >= 4 is 29.3 Å². The van der Waals surface area contributed by atoms with E-state index in [9.17, 15) is 4.79 Å². The van der Waals surface area contributed by atoms with Crippen LogP contribution in [0.5, 0.6) is 0 Å². The maximum absolute atomic E-state index is 10.8. The van der Waals surface area contributed by atoms with E-state index in [0.717, 1.165) is 5.56 Å². The van der Waals surface area contributed by atoms with E-state index in [2.05, 4.69) is 5.32 Å². The molecule has 1 aromatic carbocycles. The summed E-state index contributed by atoms with van der Waals surface area (Å²) in [5.41, 5.74) is 0.855. The first kappa shape index (κ1) is 9.62. The minimum absolute atomic E-state index is 0.154. The molecular formula is C9H7Cl2NO2. The molecule has 0 spiro atoms. The Morgan fingerprint density at radius 1 is 1.29 bits per heavy atom. The van der Waals surface area contributed by atoms with Gasteiger partial charge in [-0.05, 0) is 23.8 Å². The van der Waals surface area contributed by atoms with E-state index in [1.807, 2.05) is 0 Å². The molecule has 2 rings (SSSR count). The third-order valence-corrected chi connectivity index (χ3v) is 2.40. The second kappa shape index (κ2) is 3.67. The van der Waals surface area contributed by atoms with E-state index in [1.54, 1.807) is 18.2 Å². The monoisotopic (exact) mass is 231 g/mol. The van der Waals surface area contributed by atoms with Crippen LogP contribution in [0.3, 0.4) is 0 Å². The number of cyclic esters (lactones) is 1. The zero-order valence-electron chi connectivity index (χ0n) is 7.09. The number of carbonyl (C=O) groups excluding carboxylic acids is 1. The normalized spacial score (nSPS) is 20.4. The highest BCUT2D eigenvalue weighted by molar-refractivity contribution is 6.34. The molecule has 1 saturated heterocycles. The molecule has 1 atom stereocenters. The Morgan fingerprint density at radius 2 is 1.93 bits per heavy atom. The minimum Gasteiger partial charge on any atom is -0.447 e. The molecule has 3 nitrogen and oxygen atoms in total. The van der Waals surface area contributed by atoms with E-state index >= 15 is 0 Å². The van der Waals surface area contributed by atoms with Gasteiger partial charge in [0.15, 0.2) is 0 Å². The van der Waals surface area contributed by atoms with E-state index in [1.165, 1.54) is 0 Å². The standard InChI is InChI=1S/C9H7Cl2NO2/c10-6-1-5(2-7(11)3-6)8-4-14-9(13)12-8/h1-3,8H,4H2,(H,12,13)/t8-/m1/s1. The Morgan fingerprint density at radius 3 is 2.43 bits per heavy atom. The number of nitrogens with one attached hydrogen (secondary N) is 1. The van der Waals surface area contributed by atoms with Gasteiger partial charge in [0.25, 0.3) is 0 Å². The summed E-state index contributed by atoms with van der Waals surface area (Å²) in [6.45, 7) is 0.315. The van der Waals surface area contributed by atoms with Crippen molar-refractivity contribution in [1.82, 2.24) is 5.32 Å². The van der Waals surface area contributed by atoms with E-state index in [4.69, 9.17) is 27.9 Å². The lowest BCUT2D eigenvalue weighted by atomic mass is 10.1. The second-order valence-electron chi connectivity index (χ2n) is 3.00. The molecule has 14 heavy (non-hydrogen) atoms. The van der Waals surface area contributed by atoms with Crippen LogP contribution in [0.1, 0.15) is 11.6 Å². The van der Waals surface area contributed by atoms with Crippen LogP contribution < -0.4 is 5.32 Å². The van der Waals surface area contributed by atoms with Crippen molar-refractivity contribution in [2.75, 3.05) is 6.61 Å². The average Bonchev–Trinajstić information content (AvgIpc) is 2.50. The van der Waals surface area contributed by atoms with Crippen LogP contribution in [0.15, 0.2) is 18.2 Å². The molecular weight excluding hydrogens is 225 g/mol. The van der Waals surface area contributed by atoms with Gasteiger partial charge in [0.1, 0.15) is 6.61 Å². The number of hydrogen-bond donors (Lipinski definition) is 1. The van der Waals surface area contributed by atoms with Crippen molar-refractivity contribution in [2.24, 2.45) is 0 Å². The fourth-order valence-corrected chi connectivity index (χ4v) is 1.88. The summed E-state index contributed by atoms with van der Waals surface area (Å²) in [6, 6.07) is 5.00. The summed E-state index contributed by atoms with van der Waals surface area (Å²) >= 11 is 11.7. The largest absolute Gasteiger partial charge is 0.447 e. The van der Waals surface area contributed by atoms with Crippen LogP contribution in [0.4, 0.5) is 4.79 Å². The smallest absolute Gasteiger partial charge is 0.407 e. The molecule has 5 heteroatoms. The van der Waals surface area contributed by atoms with Gasteiger partial charge in [-0.3, -0.25) is 0 Å². The fourth-order valence-electron chi connectivity index (χ4n) is 1.34. The molecule has 0 unspecified atom stereocenters. The topological polar surface area (TPSA) is 38.3 Å². The number of carbonyl (C=O) groups is 1. The maximum Gasteiger partial charge on any atom is 0.407 e. The van der Waals surface area contributed by atoms with Crippen LogP contribution in [-0.2, 0) is 4.74 Å². The molecule has 74 valence electrons. The number of rotatable bonds is 1. The highest BCUT2D eigenvalue weighted by Crippen LogP contribution is 2.25. The Hall–Kier alpha value is -0.930. The average molecular weight is 232 g/mol. The van der Waals surface area contributed by atoms with Gasteiger partial charge in [-0.15, -0.1) is 0 Å². The van der Waals surface area contributed by atoms with Crippen LogP contribution in [0.25, 0.3) is 0 Å². The van der Waals surface area contributed by atoms with Crippen LogP contribution >= 0.6 is 23.2 Å². The highest BCUT2D eigenvalue weighted by Gasteiger charge is 2.24. The quantitative estimate of drug-likeness (QED) is 0.808. The van der Waals surface area contributed by atoms with Crippen molar-refractivity contribution in [3.8, 4) is 0 Å². The lowest BCUT2D eigenvalue weighted by molar-refractivity contribution is 0.177. The molecule has 1 aliphatic heterocycles. The van der Waals surface area contributed by atoms with Gasteiger partial charge in [-0.2, -0.15) is 0 Å². The Kier molecular flexibility index (Phi) is 2.52. The molecule has 1 N–H and O–H groups in total. The summed E-state index contributed by atoms with van der Waals surface area (Å²) in [5, 5.41) is 3.75. The zero-order valence-corrected chi connectivity index (χ0v) is 8.60. The van der Waals surface area contributed by atoms with Crippen molar-refractivity contribution < 1.29 is 9.53 Å². The van der Waals surface area contributed by atoms with Gasteiger partial charge in [-0.25, -0.2) is 4.79 Å². The zero-order chi connectivity index (χ0) is 10.1. The van der Waals surface area contributed by atoms with Gasteiger partial charge < -0.3 is 10.1 Å². The van der Waals surface area contributed by atoms with E-state index < -0.39 is 6.09 Å². The first-order valence-electron chi connectivity index (χ1n) is 4.04. The van der Waals surface area contributed by atoms with Gasteiger partial charge in [0.05, 0.1) is 6.04 Å². The van der Waals surface area contributed by atoms with Gasteiger partial charge in [0, 0.05) is 10.0 Å². The molecule has 0 radical (unpaired) electrons. The number of benzene rings is 1. The van der Waals surface area contributed by atoms with Crippen molar-refractivity contribution in [1.29, 1.82) is 0 Å². The molecule has 0 aliphatic carbocycles. The first-order valence-corrected chi connectivity index (χ1v) is 4.80. The van der Waals surface area contributed by atoms with Crippen molar-refractivity contribution in [2.45, 2.75) is 6.04 Å². The number of halogens is 2. The van der Waals surface area contributed by atoms with Crippen LogP contribution in [0.2, 0.25) is 10.0 Å². The SMILES string of the molecule is O=C1N[C@@H](c2cc(Cl)cc(Cl)c2)CO1. The molecule has 1 fully saturated rings. The van der Waals surface area contributed by atoms with Crippen LogP contribution in [0, 0.1) is 0 Å². The summed E-state index contributed by atoms with van der Waals surface area (Å²) in [4.78, 5) is 10.8. The Bertz CT molecular complexity index is 361. The molecule has 1 heterocycles. The van der Waals surface area contributed by atoms with E-state index in [-0.39, 0.29) is 6.04 Å². The van der Waals surface area contributed by atoms with Gasteiger partial charge >= 0.3 is 6.09 Å².